The first-order valence-electron chi connectivity index (χ1n) is 5.22. The highest BCUT2D eigenvalue weighted by Gasteiger charge is 2.14. The number of carbonyl (C=O) groups is 1. The Morgan fingerprint density at radius 2 is 1.84 bits per heavy atom. The Hall–Kier alpha value is -1.18. The summed E-state index contributed by atoms with van der Waals surface area (Å²) in [6, 6.07) is 8.15. The fourth-order valence-electron chi connectivity index (χ4n) is 1.49. The molecular formula is C12H10BrNO3S2. The number of rotatable bonds is 4. The van der Waals surface area contributed by atoms with Gasteiger partial charge in [0.2, 0.25) is 15.8 Å². The molecule has 1 N–H and O–H groups in total. The monoisotopic (exact) mass is 359 g/mol. The molecule has 0 spiro atoms. The van der Waals surface area contributed by atoms with Crippen molar-refractivity contribution < 1.29 is 13.2 Å². The second-order valence-electron chi connectivity index (χ2n) is 3.88. The number of nitrogens with one attached hydrogen (secondary N) is 1. The lowest BCUT2D eigenvalue weighted by Crippen LogP contribution is -2.09. The summed E-state index contributed by atoms with van der Waals surface area (Å²) in [5.74, 6) is -0.0900. The zero-order chi connectivity index (χ0) is 14.0. The van der Waals surface area contributed by atoms with Crippen LogP contribution < -0.4 is 4.72 Å². The lowest BCUT2D eigenvalue weighted by atomic mass is 10.1. The zero-order valence-corrected chi connectivity index (χ0v) is 13.1. The summed E-state index contributed by atoms with van der Waals surface area (Å²) >= 11 is 4.68. The second-order valence-corrected chi connectivity index (χ2v) is 7.40. The molecule has 0 aliphatic rings. The maximum atomic E-state index is 12.2. The van der Waals surface area contributed by atoms with E-state index in [2.05, 4.69) is 20.7 Å². The number of halogens is 1. The van der Waals surface area contributed by atoms with Crippen molar-refractivity contribution in [3.8, 4) is 0 Å². The Morgan fingerprint density at radius 1 is 1.21 bits per heavy atom. The van der Waals surface area contributed by atoms with Crippen molar-refractivity contribution >= 4 is 48.8 Å². The summed E-state index contributed by atoms with van der Waals surface area (Å²) in [4.78, 5) is 12.8. The van der Waals surface area contributed by atoms with Crippen molar-refractivity contribution in [1.82, 2.24) is 0 Å². The van der Waals surface area contributed by atoms with Crippen molar-refractivity contribution in [2.75, 3.05) is 11.0 Å². The van der Waals surface area contributed by atoms with Crippen LogP contribution in [-0.2, 0) is 10.0 Å². The number of thiophene rings is 1. The fourth-order valence-corrected chi connectivity index (χ4v) is 3.57. The predicted octanol–water partition coefficient (Wildman–Crippen LogP) is 3.11. The van der Waals surface area contributed by atoms with Crippen LogP contribution in [0.15, 0.2) is 40.2 Å². The van der Waals surface area contributed by atoms with Crippen LogP contribution in [0.3, 0.4) is 0 Å². The average Bonchev–Trinajstić information content (AvgIpc) is 2.73. The third-order valence-corrected chi connectivity index (χ3v) is 4.72. The summed E-state index contributed by atoms with van der Waals surface area (Å²) in [6.45, 7) is 0. The van der Waals surface area contributed by atoms with E-state index < -0.39 is 10.0 Å². The minimum Gasteiger partial charge on any atom is -0.288 e. The maximum Gasteiger partial charge on any atom is 0.229 e. The van der Waals surface area contributed by atoms with E-state index in [-0.39, 0.29) is 5.78 Å². The largest absolute Gasteiger partial charge is 0.288 e. The molecule has 1 aromatic carbocycles. The average molecular weight is 360 g/mol. The number of ketones is 1. The molecule has 2 aromatic rings. The van der Waals surface area contributed by atoms with Gasteiger partial charge in [0.15, 0.2) is 0 Å². The van der Waals surface area contributed by atoms with Gasteiger partial charge in [0, 0.05) is 15.7 Å². The third-order valence-electron chi connectivity index (χ3n) is 2.27. The molecule has 0 radical (unpaired) electrons. The fraction of sp³-hybridized carbons (Fsp3) is 0.0833. The zero-order valence-electron chi connectivity index (χ0n) is 9.88. The normalized spacial score (nSPS) is 11.3. The molecule has 0 atom stereocenters. The third kappa shape index (κ3) is 3.65. The van der Waals surface area contributed by atoms with Gasteiger partial charge in [0.25, 0.3) is 0 Å². The van der Waals surface area contributed by atoms with E-state index in [1.807, 2.05) is 11.4 Å². The van der Waals surface area contributed by atoms with Crippen molar-refractivity contribution in [2.24, 2.45) is 0 Å². The standard InChI is InChI=1S/C12H10BrNO3S2/c1-19(16,17)14-9-4-2-8(3-5-9)11(15)12-10(13)6-7-18-12/h2-7,14H,1H3. The molecule has 0 aliphatic heterocycles. The van der Waals surface area contributed by atoms with Gasteiger partial charge in [-0.3, -0.25) is 9.52 Å². The van der Waals surface area contributed by atoms with Gasteiger partial charge in [0.1, 0.15) is 0 Å². The van der Waals surface area contributed by atoms with E-state index in [1.54, 1.807) is 24.3 Å². The Morgan fingerprint density at radius 3 is 2.32 bits per heavy atom. The first-order valence-corrected chi connectivity index (χ1v) is 8.79. The van der Waals surface area contributed by atoms with Gasteiger partial charge in [-0.1, -0.05) is 0 Å². The lowest BCUT2D eigenvalue weighted by Gasteiger charge is -2.04. The summed E-state index contributed by atoms with van der Waals surface area (Å²) in [5, 5.41) is 1.83. The van der Waals surface area contributed by atoms with Crippen LogP contribution in [0.4, 0.5) is 5.69 Å². The van der Waals surface area contributed by atoms with Crippen LogP contribution in [0.5, 0.6) is 0 Å². The summed E-state index contributed by atoms with van der Waals surface area (Å²) in [7, 11) is -3.30. The van der Waals surface area contributed by atoms with Gasteiger partial charge in [-0.2, -0.15) is 0 Å². The maximum absolute atomic E-state index is 12.2. The van der Waals surface area contributed by atoms with Gasteiger partial charge < -0.3 is 0 Å². The molecule has 0 saturated carbocycles. The van der Waals surface area contributed by atoms with E-state index in [4.69, 9.17) is 0 Å². The molecule has 100 valence electrons. The van der Waals surface area contributed by atoms with Crippen LogP contribution in [-0.4, -0.2) is 20.5 Å². The van der Waals surface area contributed by atoms with Crippen LogP contribution in [0.2, 0.25) is 0 Å². The van der Waals surface area contributed by atoms with E-state index in [1.165, 1.54) is 11.3 Å². The molecular weight excluding hydrogens is 350 g/mol. The summed E-state index contributed by atoms with van der Waals surface area (Å²) < 4.78 is 25.2. The highest BCUT2D eigenvalue weighted by molar-refractivity contribution is 9.10. The minimum absolute atomic E-state index is 0.0900. The quantitative estimate of drug-likeness (QED) is 0.853. The summed E-state index contributed by atoms with van der Waals surface area (Å²) in [6.07, 6.45) is 1.08. The Balaban J connectivity index is 2.24. The highest BCUT2D eigenvalue weighted by atomic mass is 79.9. The van der Waals surface area contributed by atoms with Crippen LogP contribution >= 0.6 is 27.3 Å². The molecule has 2 rings (SSSR count). The number of anilines is 1. The van der Waals surface area contributed by atoms with E-state index in [0.29, 0.717) is 16.1 Å². The van der Waals surface area contributed by atoms with E-state index >= 15 is 0 Å². The van der Waals surface area contributed by atoms with Crippen molar-refractivity contribution in [2.45, 2.75) is 0 Å². The summed E-state index contributed by atoms with van der Waals surface area (Å²) in [5.41, 5.74) is 0.950. The first kappa shape index (κ1) is 14.2. The predicted molar refractivity (Wildman–Crippen MR) is 80.4 cm³/mol. The number of carbonyl (C=O) groups excluding carboxylic acids is 1. The molecule has 19 heavy (non-hydrogen) atoms. The number of hydrogen-bond donors (Lipinski definition) is 1. The Bertz CT molecular complexity index is 705. The van der Waals surface area contributed by atoms with Crippen molar-refractivity contribution in [1.29, 1.82) is 0 Å². The van der Waals surface area contributed by atoms with Crippen LogP contribution in [0.25, 0.3) is 0 Å². The topological polar surface area (TPSA) is 63.2 Å². The SMILES string of the molecule is CS(=O)(=O)Nc1ccc(C(=O)c2sccc2Br)cc1. The van der Waals surface area contributed by atoms with Crippen molar-refractivity contribution in [3.63, 3.8) is 0 Å². The Kier molecular flexibility index (Phi) is 4.07. The molecule has 4 nitrogen and oxygen atoms in total. The molecule has 0 bridgehead atoms. The van der Waals surface area contributed by atoms with Crippen molar-refractivity contribution in [3.05, 3.63) is 50.6 Å². The molecule has 0 unspecified atom stereocenters. The molecule has 0 fully saturated rings. The van der Waals surface area contributed by atoms with Gasteiger partial charge in [-0.05, 0) is 51.6 Å². The molecule has 1 heterocycles. The number of hydrogen-bond acceptors (Lipinski definition) is 4. The van der Waals surface area contributed by atoms with Gasteiger partial charge in [0.05, 0.1) is 11.1 Å². The first-order chi connectivity index (χ1) is 8.87. The smallest absolute Gasteiger partial charge is 0.229 e. The van der Waals surface area contributed by atoms with Gasteiger partial charge >= 0.3 is 0 Å². The molecule has 7 heteroatoms. The van der Waals surface area contributed by atoms with Gasteiger partial charge in [-0.15, -0.1) is 11.3 Å². The van der Waals surface area contributed by atoms with E-state index in [9.17, 15) is 13.2 Å². The van der Waals surface area contributed by atoms with Crippen LogP contribution in [0.1, 0.15) is 15.2 Å². The highest BCUT2D eigenvalue weighted by Crippen LogP contribution is 2.26. The number of sulfonamides is 1. The molecule has 1 aromatic heterocycles. The number of benzene rings is 1. The lowest BCUT2D eigenvalue weighted by molar-refractivity contribution is 0.104. The Labute approximate surface area is 123 Å². The molecule has 0 saturated heterocycles. The van der Waals surface area contributed by atoms with Gasteiger partial charge in [-0.25, -0.2) is 8.42 Å². The minimum atomic E-state index is -3.30. The van der Waals surface area contributed by atoms with Crippen LogP contribution in [0, 0.1) is 0 Å². The van der Waals surface area contributed by atoms with E-state index in [0.717, 1.165) is 10.7 Å². The second kappa shape index (κ2) is 5.44. The molecule has 0 amide bonds. The molecule has 0 aliphatic carbocycles.